The number of nitrogens with zero attached hydrogens (tertiary/aromatic N) is 1. The number of ether oxygens (including phenoxy) is 2. The first kappa shape index (κ1) is 18.6. The van der Waals surface area contributed by atoms with Crippen LogP contribution in [-0.4, -0.2) is 44.7 Å². The first-order chi connectivity index (χ1) is 10.3. The van der Waals surface area contributed by atoms with Crippen molar-refractivity contribution in [2.24, 2.45) is 11.1 Å². The quantitative estimate of drug-likeness (QED) is 0.836. The zero-order chi connectivity index (χ0) is 16.9. The van der Waals surface area contributed by atoms with Crippen molar-refractivity contribution in [3.05, 3.63) is 22.7 Å². The Morgan fingerprint density at radius 2 is 2.05 bits per heavy atom. The first-order valence-corrected chi connectivity index (χ1v) is 7.59. The Kier molecular flexibility index (Phi) is 6.50. The molecule has 6 heteroatoms. The van der Waals surface area contributed by atoms with E-state index < -0.39 is 0 Å². The van der Waals surface area contributed by atoms with Gasteiger partial charge in [0.05, 0.1) is 18.7 Å². The van der Waals surface area contributed by atoms with Gasteiger partial charge in [0, 0.05) is 19.2 Å². The Bertz CT molecular complexity index is 532. The summed E-state index contributed by atoms with van der Waals surface area (Å²) in [6.45, 7) is 7.41. The molecular weight excluding hydrogens is 304 g/mol. The van der Waals surface area contributed by atoms with Gasteiger partial charge in [-0.2, -0.15) is 0 Å². The Morgan fingerprint density at radius 3 is 2.55 bits per heavy atom. The van der Waals surface area contributed by atoms with Gasteiger partial charge in [0.15, 0.2) is 11.5 Å². The molecule has 5 nitrogen and oxygen atoms in total. The molecule has 1 aromatic rings. The lowest BCUT2D eigenvalue weighted by atomic mass is 9.93. The smallest absolute Gasteiger partial charge is 0.253 e. The predicted molar refractivity (Wildman–Crippen MR) is 89.0 cm³/mol. The van der Waals surface area contributed by atoms with Crippen molar-refractivity contribution in [2.75, 3.05) is 33.9 Å². The third-order valence-electron chi connectivity index (χ3n) is 3.33. The molecule has 0 aliphatic rings. The third kappa shape index (κ3) is 4.52. The van der Waals surface area contributed by atoms with Crippen LogP contribution in [0.5, 0.6) is 11.5 Å². The first-order valence-electron chi connectivity index (χ1n) is 7.21. The fourth-order valence-corrected chi connectivity index (χ4v) is 2.39. The van der Waals surface area contributed by atoms with Crippen LogP contribution in [0, 0.1) is 5.41 Å². The average Bonchev–Trinajstić information content (AvgIpc) is 2.47. The molecule has 0 aliphatic carbocycles. The molecule has 22 heavy (non-hydrogen) atoms. The number of amides is 1. The van der Waals surface area contributed by atoms with Gasteiger partial charge in [-0.25, -0.2) is 0 Å². The summed E-state index contributed by atoms with van der Waals surface area (Å²) in [6.07, 6.45) is 0. The maximum absolute atomic E-state index is 12.6. The molecule has 2 N–H and O–H groups in total. The highest BCUT2D eigenvalue weighted by molar-refractivity contribution is 6.32. The molecule has 0 saturated carbocycles. The molecule has 0 fully saturated rings. The van der Waals surface area contributed by atoms with E-state index in [9.17, 15) is 4.79 Å². The minimum Gasteiger partial charge on any atom is -0.493 e. The standard InChI is InChI=1S/C16H25ClN2O3/c1-6-22-14-12(17)7-11(8-13(14)21-5)15(20)19(4)10-16(2,3)9-18/h7-8H,6,9-10,18H2,1-5H3. The van der Waals surface area contributed by atoms with Crippen LogP contribution in [0.2, 0.25) is 5.02 Å². The zero-order valence-electron chi connectivity index (χ0n) is 13.9. The number of hydrogen-bond acceptors (Lipinski definition) is 4. The average molecular weight is 329 g/mol. The van der Waals surface area contributed by atoms with Gasteiger partial charge in [0.2, 0.25) is 0 Å². The highest BCUT2D eigenvalue weighted by Gasteiger charge is 2.23. The minimum absolute atomic E-state index is 0.134. The molecule has 1 amide bonds. The Balaban J connectivity index is 3.06. The maximum Gasteiger partial charge on any atom is 0.253 e. The molecule has 0 radical (unpaired) electrons. The normalized spacial score (nSPS) is 11.2. The predicted octanol–water partition coefficient (Wildman–Crippen LogP) is 2.80. The number of rotatable bonds is 7. The number of halogens is 1. The Hall–Kier alpha value is -1.46. The minimum atomic E-state index is -0.149. The van der Waals surface area contributed by atoms with Gasteiger partial charge in [-0.1, -0.05) is 25.4 Å². The van der Waals surface area contributed by atoms with Crippen molar-refractivity contribution in [3.8, 4) is 11.5 Å². The van der Waals surface area contributed by atoms with Crippen LogP contribution < -0.4 is 15.2 Å². The molecule has 0 heterocycles. The lowest BCUT2D eigenvalue weighted by Gasteiger charge is -2.29. The van der Waals surface area contributed by atoms with E-state index >= 15 is 0 Å². The second-order valence-corrected chi connectivity index (χ2v) is 6.36. The van der Waals surface area contributed by atoms with Crippen LogP contribution in [0.4, 0.5) is 0 Å². The highest BCUT2D eigenvalue weighted by atomic mass is 35.5. The fraction of sp³-hybridized carbons (Fsp3) is 0.562. The maximum atomic E-state index is 12.6. The second-order valence-electron chi connectivity index (χ2n) is 5.95. The van der Waals surface area contributed by atoms with E-state index in [2.05, 4.69) is 0 Å². The van der Waals surface area contributed by atoms with Gasteiger partial charge in [-0.15, -0.1) is 0 Å². The van der Waals surface area contributed by atoms with Crippen LogP contribution in [0.25, 0.3) is 0 Å². The van der Waals surface area contributed by atoms with Crippen molar-refractivity contribution in [2.45, 2.75) is 20.8 Å². The molecule has 0 unspecified atom stereocenters. The zero-order valence-corrected chi connectivity index (χ0v) is 14.7. The number of methoxy groups -OCH3 is 1. The van der Waals surface area contributed by atoms with Gasteiger partial charge in [-0.3, -0.25) is 4.79 Å². The van der Waals surface area contributed by atoms with Crippen LogP contribution >= 0.6 is 11.6 Å². The lowest BCUT2D eigenvalue weighted by molar-refractivity contribution is 0.0740. The molecule has 1 aromatic carbocycles. The Labute approximate surface area is 137 Å². The van der Waals surface area contributed by atoms with Crippen molar-refractivity contribution in [1.82, 2.24) is 4.90 Å². The van der Waals surface area contributed by atoms with Crippen molar-refractivity contribution in [3.63, 3.8) is 0 Å². The molecule has 0 saturated heterocycles. The molecule has 0 aromatic heterocycles. The number of hydrogen-bond donors (Lipinski definition) is 1. The van der Waals surface area contributed by atoms with Gasteiger partial charge in [0.25, 0.3) is 5.91 Å². The van der Waals surface area contributed by atoms with Crippen LogP contribution in [0.1, 0.15) is 31.1 Å². The third-order valence-corrected chi connectivity index (χ3v) is 3.61. The molecule has 0 bridgehead atoms. The van der Waals surface area contributed by atoms with Crippen molar-refractivity contribution in [1.29, 1.82) is 0 Å². The monoisotopic (exact) mass is 328 g/mol. The summed E-state index contributed by atoms with van der Waals surface area (Å²) in [4.78, 5) is 14.2. The summed E-state index contributed by atoms with van der Waals surface area (Å²) >= 11 is 6.21. The van der Waals surface area contributed by atoms with E-state index in [0.29, 0.717) is 41.8 Å². The summed E-state index contributed by atoms with van der Waals surface area (Å²) in [5.74, 6) is 0.766. The van der Waals surface area contributed by atoms with Crippen LogP contribution in [0.15, 0.2) is 12.1 Å². The van der Waals surface area contributed by atoms with Crippen LogP contribution in [-0.2, 0) is 0 Å². The summed E-state index contributed by atoms with van der Waals surface area (Å²) in [6, 6.07) is 3.24. The SMILES string of the molecule is CCOc1c(Cl)cc(C(=O)N(C)CC(C)(C)CN)cc1OC. The highest BCUT2D eigenvalue weighted by Crippen LogP contribution is 2.36. The van der Waals surface area contributed by atoms with E-state index in [1.54, 1.807) is 24.1 Å². The summed E-state index contributed by atoms with van der Waals surface area (Å²) in [7, 11) is 3.26. The number of benzene rings is 1. The number of nitrogens with two attached hydrogens (primary N) is 1. The second kappa shape index (κ2) is 7.70. The number of carbonyl (C=O) groups is 1. The van der Waals surface area contributed by atoms with E-state index in [1.165, 1.54) is 7.11 Å². The topological polar surface area (TPSA) is 64.8 Å². The van der Waals surface area contributed by atoms with E-state index in [0.717, 1.165) is 0 Å². The lowest BCUT2D eigenvalue weighted by Crippen LogP contribution is -2.39. The molecule has 0 atom stereocenters. The molecule has 0 spiro atoms. The van der Waals surface area contributed by atoms with E-state index in [4.69, 9.17) is 26.8 Å². The Morgan fingerprint density at radius 1 is 1.41 bits per heavy atom. The molecule has 0 aliphatic heterocycles. The summed E-state index contributed by atoms with van der Waals surface area (Å²) in [5, 5.41) is 0.357. The van der Waals surface area contributed by atoms with Crippen molar-refractivity contribution >= 4 is 17.5 Å². The van der Waals surface area contributed by atoms with Crippen LogP contribution in [0.3, 0.4) is 0 Å². The van der Waals surface area contributed by atoms with Gasteiger partial charge >= 0.3 is 0 Å². The van der Waals surface area contributed by atoms with Gasteiger partial charge in [0.1, 0.15) is 0 Å². The number of carbonyl (C=O) groups excluding carboxylic acids is 1. The molecule has 1 rings (SSSR count). The molecule has 124 valence electrons. The summed E-state index contributed by atoms with van der Waals surface area (Å²) < 4.78 is 10.7. The molecular formula is C16H25ClN2O3. The summed E-state index contributed by atoms with van der Waals surface area (Å²) in [5.41, 5.74) is 6.03. The van der Waals surface area contributed by atoms with Crippen molar-refractivity contribution < 1.29 is 14.3 Å². The van der Waals surface area contributed by atoms with E-state index in [1.807, 2.05) is 20.8 Å². The van der Waals surface area contributed by atoms with Gasteiger partial charge in [-0.05, 0) is 31.0 Å². The van der Waals surface area contributed by atoms with E-state index in [-0.39, 0.29) is 11.3 Å². The van der Waals surface area contributed by atoms with Gasteiger partial charge < -0.3 is 20.1 Å². The fourth-order valence-electron chi connectivity index (χ4n) is 2.13. The largest absolute Gasteiger partial charge is 0.493 e.